The molecule has 3 rings (SSSR count). The number of carbonyl (C=O) groups excluding carboxylic acids is 1. The van der Waals surface area contributed by atoms with Gasteiger partial charge in [0.05, 0.1) is 17.3 Å². The number of ether oxygens (including phenoxy) is 1. The summed E-state index contributed by atoms with van der Waals surface area (Å²) in [6.45, 7) is 5.95. The van der Waals surface area contributed by atoms with Crippen LogP contribution in [0.3, 0.4) is 0 Å². The molecule has 1 atom stereocenters. The lowest BCUT2D eigenvalue weighted by molar-refractivity contribution is -0.174. The lowest BCUT2D eigenvalue weighted by Crippen LogP contribution is -2.56. The van der Waals surface area contributed by atoms with Crippen molar-refractivity contribution in [1.82, 2.24) is 14.9 Å². The Labute approximate surface area is 136 Å². The Bertz CT molecular complexity index is 551. The van der Waals surface area contributed by atoms with Gasteiger partial charge in [0.15, 0.2) is 0 Å². The zero-order valence-electron chi connectivity index (χ0n) is 13.9. The summed E-state index contributed by atoms with van der Waals surface area (Å²) in [6.07, 6.45) is 5.88. The summed E-state index contributed by atoms with van der Waals surface area (Å²) in [4.78, 5) is 22.9. The van der Waals surface area contributed by atoms with E-state index in [0.717, 1.165) is 18.7 Å². The summed E-state index contributed by atoms with van der Waals surface area (Å²) >= 11 is 0. The van der Waals surface area contributed by atoms with E-state index >= 15 is 0 Å². The minimum atomic E-state index is -0.451. The summed E-state index contributed by atoms with van der Waals surface area (Å²) < 4.78 is 5.88. The molecule has 0 aromatic carbocycles. The van der Waals surface area contributed by atoms with Gasteiger partial charge in [-0.15, -0.1) is 0 Å². The first-order chi connectivity index (χ1) is 11.0. The normalized spacial score (nSPS) is 24.2. The number of piperidine rings is 1. The molecule has 0 aliphatic carbocycles. The SMILES string of the molecule is CC(C)c1ncc(C(=O)N2CCC3(CC2)OCCC[C@@H]3O)cn1. The van der Waals surface area contributed by atoms with Crippen molar-refractivity contribution >= 4 is 5.91 Å². The number of nitrogens with zero attached hydrogens (tertiary/aromatic N) is 3. The highest BCUT2D eigenvalue weighted by atomic mass is 16.5. The number of carbonyl (C=O) groups is 1. The van der Waals surface area contributed by atoms with Crippen molar-refractivity contribution in [3.05, 3.63) is 23.8 Å². The fourth-order valence-electron chi connectivity index (χ4n) is 3.41. The summed E-state index contributed by atoms with van der Waals surface area (Å²) in [5.74, 6) is 0.956. The maximum absolute atomic E-state index is 12.6. The highest BCUT2D eigenvalue weighted by molar-refractivity contribution is 5.93. The first-order valence-corrected chi connectivity index (χ1v) is 8.45. The number of aliphatic hydroxyl groups is 1. The second-order valence-electron chi connectivity index (χ2n) is 6.85. The lowest BCUT2D eigenvalue weighted by Gasteiger charge is -2.46. The maximum Gasteiger partial charge on any atom is 0.256 e. The van der Waals surface area contributed by atoms with Crippen LogP contribution in [0, 0.1) is 0 Å². The zero-order valence-corrected chi connectivity index (χ0v) is 13.9. The molecule has 3 heterocycles. The van der Waals surface area contributed by atoms with E-state index in [2.05, 4.69) is 9.97 Å². The van der Waals surface area contributed by atoms with E-state index in [1.807, 2.05) is 18.7 Å². The molecule has 2 aliphatic heterocycles. The van der Waals surface area contributed by atoms with E-state index in [1.54, 1.807) is 12.4 Å². The first kappa shape index (κ1) is 16.3. The van der Waals surface area contributed by atoms with Gasteiger partial charge in [0, 0.05) is 38.0 Å². The standard InChI is InChI=1S/C17H25N3O3/c1-12(2)15-18-10-13(11-19-15)16(22)20-7-5-17(6-8-20)14(21)4-3-9-23-17/h10-12,14,21H,3-9H2,1-2H3/t14-/m0/s1. The van der Waals surface area contributed by atoms with Crippen molar-refractivity contribution in [3.8, 4) is 0 Å². The van der Waals surface area contributed by atoms with Crippen molar-refractivity contribution in [3.63, 3.8) is 0 Å². The molecular weight excluding hydrogens is 294 g/mol. The molecule has 1 N–H and O–H groups in total. The van der Waals surface area contributed by atoms with Gasteiger partial charge >= 0.3 is 0 Å². The number of aromatic nitrogens is 2. The minimum Gasteiger partial charge on any atom is -0.390 e. The molecule has 6 heteroatoms. The molecule has 1 aromatic rings. The lowest BCUT2D eigenvalue weighted by atomic mass is 9.82. The smallest absolute Gasteiger partial charge is 0.256 e. The largest absolute Gasteiger partial charge is 0.390 e. The van der Waals surface area contributed by atoms with Crippen molar-refractivity contribution in [2.24, 2.45) is 0 Å². The molecule has 2 aliphatic rings. The van der Waals surface area contributed by atoms with Crippen molar-refractivity contribution < 1.29 is 14.6 Å². The van der Waals surface area contributed by atoms with Gasteiger partial charge in [0.25, 0.3) is 5.91 Å². The van der Waals surface area contributed by atoms with Crippen molar-refractivity contribution in [2.45, 2.75) is 57.2 Å². The van der Waals surface area contributed by atoms with Crippen LogP contribution in [0.5, 0.6) is 0 Å². The van der Waals surface area contributed by atoms with Gasteiger partial charge in [0.1, 0.15) is 5.82 Å². The third-order valence-corrected chi connectivity index (χ3v) is 4.95. The van der Waals surface area contributed by atoms with Crippen LogP contribution in [0.15, 0.2) is 12.4 Å². The predicted octanol–water partition coefficient (Wildman–Crippen LogP) is 1.75. The van der Waals surface area contributed by atoms with Crippen LogP contribution in [0.25, 0.3) is 0 Å². The van der Waals surface area contributed by atoms with Gasteiger partial charge < -0.3 is 14.7 Å². The number of hydrogen-bond acceptors (Lipinski definition) is 5. The van der Waals surface area contributed by atoms with Gasteiger partial charge in [-0.3, -0.25) is 4.79 Å². The van der Waals surface area contributed by atoms with Crippen LogP contribution in [-0.4, -0.2) is 57.3 Å². The molecule has 0 bridgehead atoms. The second-order valence-corrected chi connectivity index (χ2v) is 6.85. The number of aliphatic hydroxyl groups excluding tert-OH is 1. The molecule has 0 saturated carbocycles. The molecule has 1 aromatic heterocycles. The number of likely N-dealkylation sites (tertiary alicyclic amines) is 1. The molecule has 2 fully saturated rings. The van der Waals surface area contributed by atoms with E-state index in [0.29, 0.717) is 38.1 Å². The minimum absolute atomic E-state index is 0.0412. The van der Waals surface area contributed by atoms with Gasteiger partial charge in [-0.25, -0.2) is 9.97 Å². The molecule has 23 heavy (non-hydrogen) atoms. The maximum atomic E-state index is 12.6. The van der Waals surface area contributed by atoms with Gasteiger partial charge in [0.2, 0.25) is 0 Å². The second kappa shape index (κ2) is 6.53. The van der Waals surface area contributed by atoms with Gasteiger partial charge in [-0.2, -0.15) is 0 Å². The molecule has 0 unspecified atom stereocenters. The molecule has 0 radical (unpaired) electrons. The van der Waals surface area contributed by atoms with E-state index < -0.39 is 11.7 Å². The van der Waals surface area contributed by atoms with Gasteiger partial charge in [-0.1, -0.05) is 13.8 Å². The Morgan fingerprint density at radius 1 is 1.35 bits per heavy atom. The van der Waals surface area contributed by atoms with Crippen molar-refractivity contribution in [2.75, 3.05) is 19.7 Å². The Kier molecular flexibility index (Phi) is 4.64. The Balaban J connectivity index is 1.64. The summed E-state index contributed by atoms with van der Waals surface area (Å²) in [5, 5.41) is 10.3. The fraction of sp³-hybridized carbons (Fsp3) is 0.706. The zero-order chi connectivity index (χ0) is 16.4. The van der Waals surface area contributed by atoms with E-state index in [-0.39, 0.29) is 11.8 Å². The molecule has 2 saturated heterocycles. The average Bonchev–Trinajstić information content (AvgIpc) is 2.58. The van der Waals surface area contributed by atoms with E-state index in [9.17, 15) is 9.90 Å². The van der Waals surface area contributed by atoms with Crippen LogP contribution >= 0.6 is 0 Å². The Morgan fingerprint density at radius 3 is 2.57 bits per heavy atom. The van der Waals surface area contributed by atoms with E-state index in [4.69, 9.17) is 4.74 Å². The first-order valence-electron chi connectivity index (χ1n) is 8.45. The third kappa shape index (κ3) is 3.23. The summed E-state index contributed by atoms with van der Waals surface area (Å²) in [5.41, 5.74) is 0.0722. The van der Waals surface area contributed by atoms with Gasteiger partial charge in [-0.05, 0) is 25.7 Å². The molecule has 1 spiro atoms. The molecule has 126 valence electrons. The fourth-order valence-corrected chi connectivity index (χ4v) is 3.41. The highest BCUT2D eigenvalue weighted by Gasteiger charge is 2.44. The number of rotatable bonds is 2. The predicted molar refractivity (Wildman–Crippen MR) is 85.2 cm³/mol. The average molecular weight is 319 g/mol. The van der Waals surface area contributed by atoms with Crippen LogP contribution in [-0.2, 0) is 4.74 Å². The third-order valence-electron chi connectivity index (χ3n) is 4.95. The van der Waals surface area contributed by atoms with Crippen molar-refractivity contribution in [1.29, 1.82) is 0 Å². The molecular formula is C17H25N3O3. The topological polar surface area (TPSA) is 75.6 Å². The summed E-state index contributed by atoms with van der Waals surface area (Å²) in [7, 11) is 0. The monoisotopic (exact) mass is 319 g/mol. The Hall–Kier alpha value is -1.53. The molecule has 6 nitrogen and oxygen atoms in total. The van der Waals surface area contributed by atoms with Crippen LogP contribution in [0.4, 0.5) is 0 Å². The number of hydrogen-bond donors (Lipinski definition) is 1. The quantitative estimate of drug-likeness (QED) is 0.899. The number of amides is 1. The van der Waals surface area contributed by atoms with Crippen LogP contribution in [0.1, 0.15) is 61.6 Å². The molecule has 1 amide bonds. The van der Waals surface area contributed by atoms with Crippen LogP contribution < -0.4 is 0 Å². The Morgan fingerprint density at radius 2 is 2.00 bits per heavy atom. The van der Waals surface area contributed by atoms with E-state index in [1.165, 1.54) is 0 Å². The van der Waals surface area contributed by atoms with Crippen LogP contribution in [0.2, 0.25) is 0 Å². The summed E-state index contributed by atoms with van der Waals surface area (Å²) in [6, 6.07) is 0. The highest BCUT2D eigenvalue weighted by Crippen LogP contribution is 2.35.